The minimum absolute atomic E-state index is 0.592. The number of nitrogens with zero attached hydrogens (tertiary/aromatic N) is 1. The second-order valence-electron chi connectivity index (χ2n) is 12.3. The van der Waals surface area contributed by atoms with Crippen LogP contribution in [0.25, 0.3) is 54.9 Å². The van der Waals surface area contributed by atoms with Crippen molar-refractivity contribution in [3.8, 4) is 39.4 Å². The Bertz CT molecular complexity index is 2410. The lowest BCUT2D eigenvalue weighted by Gasteiger charge is -2.34. The number of hydrogen-bond acceptors (Lipinski definition) is 1. The highest BCUT2D eigenvalue weighted by atomic mass is 14.5. The second kappa shape index (κ2) is 10.7. The van der Waals surface area contributed by atoms with E-state index in [0.29, 0.717) is 5.56 Å². The van der Waals surface area contributed by atoms with Gasteiger partial charge in [0.2, 0.25) is 0 Å². The Morgan fingerprint density at radius 2 is 0.809 bits per heavy atom. The summed E-state index contributed by atoms with van der Waals surface area (Å²) in [6.45, 7) is 0. The molecule has 0 saturated carbocycles. The Kier molecular flexibility index (Phi) is 6.17. The highest BCUT2D eigenvalue weighted by molar-refractivity contribution is 6.21. The van der Waals surface area contributed by atoms with Gasteiger partial charge in [-0.1, -0.05) is 158 Å². The molecule has 0 saturated heterocycles. The number of fused-ring (bicyclic) bond motifs is 5. The molecule has 0 N–H and O–H groups in total. The number of nitriles is 1. The van der Waals surface area contributed by atoms with E-state index in [1.807, 2.05) is 6.07 Å². The normalized spacial score (nSPS) is 12.8. The Balaban J connectivity index is 1.41. The van der Waals surface area contributed by atoms with Crippen molar-refractivity contribution in [2.45, 2.75) is 5.41 Å². The number of benzene rings is 8. The van der Waals surface area contributed by atoms with E-state index in [9.17, 15) is 5.26 Å². The molecule has 0 aliphatic heterocycles. The van der Waals surface area contributed by atoms with E-state index in [2.05, 4.69) is 176 Å². The van der Waals surface area contributed by atoms with Crippen molar-refractivity contribution in [2.24, 2.45) is 0 Å². The van der Waals surface area contributed by atoms with Crippen LogP contribution in [0.1, 0.15) is 27.8 Å². The Hall–Kier alpha value is -6.23. The molecule has 9 rings (SSSR count). The minimum atomic E-state index is -0.592. The van der Waals surface area contributed by atoms with E-state index < -0.39 is 5.41 Å². The molecule has 0 fully saturated rings. The zero-order chi connectivity index (χ0) is 31.4. The summed E-state index contributed by atoms with van der Waals surface area (Å²) in [6, 6.07) is 65.6. The summed E-state index contributed by atoms with van der Waals surface area (Å²) in [7, 11) is 0. The van der Waals surface area contributed by atoms with Crippen LogP contribution in [0, 0.1) is 11.3 Å². The van der Waals surface area contributed by atoms with Crippen molar-refractivity contribution >= 4 is 21.5 Å². The molecule has 218 valence electrons. The summed E-state index contributed by atoms with van der Waals surface area (Å²) in [5.74, 6) is 0. The van der Waals surface area contributed by atoms with E-state index >= 15 is 0 Å². The quantitative estimate of drug-likeness (QED) is 0.186. The molecule has 1 nitrogen and oxygen atoms in total. The molecule has 0 amide bonds. The van der Waals surface area contributed by atoms with E-state index in [0.717, 1.165) is 5.56 Å². The molecule has 0 radical (unpaired) electrons. The summed E-state index contributed by atoms with van der Waals surface area (Å²) in [5, 5.41) is 15.0. The first kappa shape index (κ1) is 27.1. The largest absolute Gasteiger partial charge is 0.192 e. The van der Waals surface area contributed by atoms with Crippen LogP contribution in [0.4, 0.5) is 0 Å². The van der Waals surface area contributed by atoms with E-state index in [-0.39, 0.29) is 0 Å². The summed E-state index contributed by atoms with van der Waals surface area (Å²) < 4.78 is 0. The molecule has 8 aromatic carbocycles. The predicted octanol–water partition coefficient (Wildman–Crippen LogP) is 11.6. The first-order valence-electron chi connectivity index (χ1n) is 16.1. The van der Waals surface area contributed by atoms with Gasteiger partial charge in [-0.25, -0.2) is 0 Å². The predicted molar refractivity (Wildman–Crippen MR) is 194 cm³/mol. The van der Waals surface area contributed by atoms with Crippen molar-refractivity contribution in [2.75, 3.05) is 0 Å². The topological polar surface area (TPSA) is 23.8 Å². The van der Waals surface area contributed by atoms with Crippen LogP contribution in [0.5, 0.6) is 0 Å². The maximum atomic E-state index is 10.0. The molecule has 0 aromatic heterocycles. The van der Waals surface area contributed by atoms with Gasteiger partial charge in [0.05, 0.1) is 17.0 Å². The van der Waals surface area contributed by atoms with Crippen molar-refractivity contribution in [1.29, 1.82) is 5.26 Å². The highest BCUT2D eigenvalue weighted by Crippen LogP contribution is 2.57. The SMILES string of the molecule is N#Cc1ccc2c(c1)C(c1ccccc1)(c1ccccc1)c1cc(-c3c4ccccc4c(-c4ccccc4)c4ccccc34)ccc1-2. The van der Waals surface area contributed by atoms with Crippen molar-refractivity contribution in [1.82, 2.24) is 0 Å². The molecule has 0 heterocycles. The number of hydrogen-bond donors (Lipinski definition) is 0. The summed E-state index contributed by atoms with van der Waals surface area (Å²) >= 11 is 0. The van der Waals surface area contributed by atoms with Crippen LogP contribution in [0.15, 0.2) is 176 Å². The van der Waals surface area contributed by atoms with Gasteiger partial charge in [-0.15, -0.1) is 0 Å². The van der Waals surface area contributed by atoms with Crippen LogP contribution < -0.4 is 0 Å². The number of rotatable bonds is 4. The maximum absolute atomic E-state index is 10.0. The van der Waals surface area contributed by atoms with Gasteiger partial charge in [-0.05, 0) is 95.4 Å². The van der Waals surface area contributed by atoms with Crippen molar-refractivity contribution in [3.63, 3.8) is 0 Å². The van der Waals surface area contributed by atoms with E-state index in [1.165, 1.54) is 71.6 Å². The highest BCUT2D eigenvalue weighted by Gasteiger charge is 2.46. The Morgan fingerprint density at radius 1 is 0.383 bits per heavy atom. The van der Waals surface area contributed by atoms with Gasteiger partial charge in [-0.2, -0.15) is 5.26 Å². The zero-order valence-corrected chi connectivity index (χ0v) is 25.7. The lowest BCUT2D eigenvalue weighted by molar-refractivity contribution is 0.768. The van der Waals surface area contributed by atoms with Gasteiger partial charge in [0, 0.05) is 0 Å². The van der Waals surface area contributed by atoms with Gasteiger partial charge in [0.25, 0.3) is 0 Å². The summed E-state index contributed by atoms with van der Waals surface area (Å²) in [5.41, 5.74) is 12.1. The van der Waals surface area contributed by atoms with Gasteiger partial charge in [-0.3, -0.25) is 0 Å². The molecular weight excluding hydrogens is 567 g/mol. The summed E-state index contributed by atoms with van der Waals surface area (Å²) in [6.07, 6.45) is 0. The average Bonchev–Trinajstić information content (AvgIpc) is 3.44. The fourth-order valence-electron chi connectivity index (χ4n) is 8.07. The molecule has 47 heavy (non-hydrogen) atoms. The molecule has 0 spiro atoms. The molecule has 1 aliphatic rings. The summed E-state index contributed by atoms with van der Waals surface area (Å²) in [4.78, 5) is 0. The molecule has 0 bridgehead atoms. The fraction of sp³-hybridized carbons (Fsp3) is 0.0217. The molecule has 0 atom stereocenters. The van der Waals surface area contributed by atoms with E-state index in [1.54, 1.807) is 0 Å². The van der Waals surface area contributed by atoms with Crippen LogP contribution in [-0.4, -0.2) is 0 Å². The molecule has 1 aliphatic carbocycles. The molecule has 1 heteroatoms. The minimum Gasteiger partial charge on any atom is -0.192 e. The fourth-order valence-corrected chi connectivity index (χ4v) is 8.07. The average molecular weight is 596 g/mol. The maximum Gasteiger partial charge on any atom is 0.0991 e. The van der Waals surface area contributed by atoms with Crippen molar-refractivity contribution < 1.29 is 0 Å². The van der Waals surface area contributed by atoms with E-state index in [4.69, 9.17) is 0 Å². The molecular formula is C46H29N. The van der Waals surface area contributed by atoms with Gasteiger partial charge in [0.1, 0.15) is 0 Å². The third-order valence-electron chi connectivity index (χ3n) is 9.96. The first-order valence-corrected chi connectivity index (χ1v) is 16.1. The smallest absolute Gasteiger partial charge is 0.0991 e. The lowest BCUT2D eigenvalue weighted by atomic mass is 9.67. The van der Waals surface area contributed by atoms with Gasteiger partial charge >= 0.3 is 0 Å². The van der Waals surface area contributed by atoms with Gasteiger partial charge < -0.3 is 0 Å². The third-order valence-corrected chi connectivity index (χ3v) is 9.96. The van der Waals surface area contributed by atoms with Crippen LogP contribution >= 0.6 is 0 Å². The standard InChI is InChI=1S/C46H29N/c47-30-31-24-26-36-37-27-25-33(29-43(37)46(42(36)28-31,34-16-6-2-7-17-34)35-18-8-3-9-19-35)45-40-22-12-10-20-38(40)44(32-14-4-1-5-15-32)39-21-11-13-23-41(39)45/h1-29H. The first-order chi connectivity index (χ1) is 23.3. The second-order valence-corrected chi connectivity index (χ2v) is 12.3. The van der Waals surface area contributed by atoms with Crippen molar-refractivity contribution in [3.05, 3.63) is 204 Å². The zero-order valence-electron chi connectivity index (χ0n) is 25.7. The Labute approximate surface area is 274 Å². The monoisotopic (exact) mass is 595 g/mol. The van der Waals surface area contributed by atoms with Crippen LogP contribution in [0.3, 0.4) is 0 Å². The van der Waals surface area contributed by atoms with Crippen LogP contribution in [0.2, 0.25) is 0 Å². The van der Waals surface area contributed by atoms with Gasteiger partial charge in [0.15, 0.2) is 0 Å². The molecule has 0 unspecified atom stereocenters. The third kappa shape index (κ3) is 3.96. The Morgan fingerprint density at radius 3 is 1.32 bits per heavy atom. The lowest BCUT2D eigenvalue weighted by Crippen LogP contribution is -2.28. The van der Waals surface area contributed by atoms with Crippen LogP contribution in [-0.2, 0) is 5.41 Å². The molecule has 8 aromatic rings.